The summed E-state index contributed by atoms with van der Waals surface area (Å²) in [6.45, 7) is 6.29. The maximum absolute atomic E-state index is 12.6. The Morgan fingerprint density at radius 2 is 1.88 bits per heavy atom. The maximum atomic E-state index is 12.6. The van der Waals surface area contributed by atoms with Crippen LogP contribution >= 0.6 is 0 Å². The summed E-state index contributed by atoms with van der Waals surface area (Å²) in [5, 5.41) is 3.22. The lowest BCUT2D eigenvalue weighted by atomic mass is 10.0. The molecule has 2 aromatic rings. The second-order valence-electron chi connectivity index (χ2n) is 6.60. The molecule has 0 unspecified atom stereocenters. The molecule has 1 aliphatic rings. The Balaban J connectivity index is 1.57. The zero-order valence-corrected chi connectivity index (χ0v) is 14.4. The number of piperidine rings is 1. The highest BCUT2D eigenvalue weighted by Gasteiger charge is 2.21. The van der Waals surface area contributed by atoms with Crippen LogP contribution in [0.1, 0.15) is 42.2 Å². The van der Waals surface area contributed by atoms with Crippen molar-refractivity contribution in [1.82, 2.24) is 14.8 Å². The van der Waals surface area contributed by atoms with Crippen molar-refractivity contribution in [2.45, 2.75) is 38.8 Å². The first kappa shape index (κ1) is 16.8. The minimum atomic E-state index is 0.0462. The fourth-order valence-electron chi connectivity index (χ4n) is 3.41. The molecule has 128 valence electrons. The van der Waals surface area contributed by atoms with Crippen molar-refractivity contribution < 1.29 is 4.79 Å². The molecule has 4 nitrogen and oxygen atoms in total. The lowest BCUT2D eigenvalue weighted by Crippen LogP contribution is -2.45. The van der Waals surface area contributed by atoms with Crippen LogP contribution in [0, 0.1) is 0 Å². The maximum Gasteiger partial charge on any atom is 0.268 e. The second-order valence-corrected chi connectivity index (χ2v) is 6.60. The first-order valence-electron chi connectivity index (χ1n) is 8.98. The Morgan fingerprint density at radius 3 is 2.58 bits per heavy atom. The van der Waals surface area contributed by atoms with Gasteiger partial charge >= 0.3 is 0 Å². The minimum absolute atomic E-state index is 0.0462. The molecule has 0 bridgehead atoms. The van der Waals surface area contributed by atoms with Gasteiger partial charge in [-0.05, 0) is 43.5 Å². The summed E-state index contributed by atoms with van der Waals surface area (Å²) >= 11 is 0. The van der Waals surface area contributed by atoms with E-state index in [9.17, 15) is 4.79 Å². The first-order chi connectivity index (χ1) is 11.8. The van der Waals surface area contributed by atoms with E-state index in [4.69, 9.17) is 0 Å². The van der Waals surface area contributed by atoms with Crippen molar-refractivity contribution in [2.75, 3.05) is 19.6 Å². The van der Waals surface area contributed by atoms with Crippen molar-refractivity contribution in [1.29, 1.82) is 0 Å². The number of nitrogens with one attached hydrogen (secondary N) is 1. The van der Waals surface area contributed by atoms with E-state index in [1.54, 1.807) is 0 Å². The highest BCUT2D eigenvalue weighted by atomic mass is 16.2. The Hall–Kier alpha value is -2.07. The van der Waals surface area contributed by atoms with Crippen molar-refractivity contribution in [3.05, 3.63) is 59.9 Å². The number of aromatic nitrogens is 1. The van der Waals surface area contributed by atoms with Gasteiger partial charge in [0.2, 0.25) is 0 Å². The predicted octanol–water partition coefficient (Wildman–Crippen LogP) is 3.14. The fraction of sp³-hybridized carbons (Fsp3) is 0.450. The summed E-state index contributed by atoms with van der Waals surface area (Å²) in [5.41, 5.74) is 1.95. The van der Waals surface area contributed by atoms with Gasteiger partial charge in [0.25, 0.3) is 5.91 Å². The van der Waals surface area contributed by atoms with Crippen LogP contribution in [-0.4, -0.2) is 41.1 Å². The van der Waals surface area contributed by atoms with E-state index in [-0.39, 0.29) is 5.91 Å². The molecule has 0 aliphatic carbocycles. The molecule has 0 atom stereocenters. The summed E-state index contributed by atoms with van der Waals surface area (Å²) in [6.07, 6.45) is 5.27. The third-order valence-electron chi connectivity index (χ3n) is 4.72. The van der Waals surface area contributed by atoms with E-state index in [0.717, 1.165) is 38.2 Å². The average molecular weight is 325 g/mol. The van der Waals surface area contributed by atoms with E-state index >= 15 is 0 Å². The molecule has 24 heavy (non-hydrogen) atoms. The third kappa shape index (κ3) is 4.26. The van der Waals surface area contributed by atoms with Gasteiger partial charge in [0.15, 0.2) is 0 Å². The molecule has 1 N–H and O–H groups in total. The topological polar surface area (TPSA) is 37.3 Å². The predicted molar refractivity (Wildman–Crippen MR) is 97.2 cm³/mol. The van der Waals surface area contributed by atoms with E-state index in [2.05, 4.69) is 29.3 Å². The second kappa shape index (κ2) is 8.15. The normalized spacial score (nSPS) is 16.2. The van der Waals surface area contributed by atoms with Crippen LogP contribution in [-0.2, 0) is 6.54 Å². The molecule has 3 rings (SSSR count). The van der Waals surface area contributed by atoms with Crippen LogP contribution in [0.15, 0.2) is 48.7 Å². The van der Waals surface area contributed by atoms with E-state index < -0.39 is 0 Å². The van der Waals surface area contributed by atoms with Crippen molar-refractivity contribution in [3.63, 3.8) is 0 Å². The summed E-state index contributed by atoms with van der Waals surface area (Å²) in [5.74, 6) is 0.0462. The number of rotatable bonds is 6. The molecular weight excluding hydrogens is 298 g/mol. The first-order valence-corrected chi connectivity index (χ1v) is 8.98. The van der Waals surface area contributed by atoms with E-state index in [1.165, 1.54) is 18.5 Å². The highest BCUT2D eigenvalue weighted by molar-refractivity contribution is 5.93. The molecule has 1 aliphatic heterocycles. The van der Waals surface area contributed by atoms with E-state index in [1.807, 2.05) is 41.1 Å². The standard InChI is InChI=1S/C20H27N3O/c1-2-12-22-14-10-18(11-15-22)21-20(24)19-9-6-13-23(19)16-17-7-4-3-5-8-17/h3-9,13,18H,2,10-12,14-16H2,1H3,(H,21,24). The molecule has 4 heteroatoms. The number of hydrogen-bond donors (Lipinski definition) is 1. The molecule has 1 aromatic heterocycles. The average Bonchev–Trinajstić information content (AvgIpc) is 3.06. The summed E-state index contributed by atoms with van der Waals surface area (Å²) in [4.78, 5) is 15.1. The van der Waals surface area contributed by atoms with Gasteiger partial charge in [-0.25, -0.2) is 0 Å². The smallest absolute Gasteiger partial charge is 0.268 e. The van der Waals surface area contributed by atoms with Crippen molar-refractivity contribution in [3.8, 4) is 0 Å². The van der Waals surface area contributed by atoms with Gasteiger partial charge in [-0.1, -0.05) is 37.3 Å². The van der Waals surface area contributed by atoms with Crippen molar-refractivity contribution >= 4 is 5.91 Å². The molecule has 1 saturated heterocycles. The third-order valence-corrected chi connectivity index (χ3v) is 4.72. The summed E-state index contributed by atoms with van der Waals surface area (Å²) < 4.78 is 2.02. The van der Waals surface area contributed by atoms with Gasteiger partial charge in [-0.2, -0.15) is 0 Å². The highest BCUT2D eigenvalue weighted by Crippen LogP contribution is 2.13. The number of nitrogens with zero attached hydrogens (tertiary/aromatic N) is 2. The Morgan fingerprint density at radius 1 is 1.12 bits per heavy atom. The van der Waals surface area contributed by atoms with Crippen molar-refractivity contribution in [2.24, 2.45) is 0 Å². The number of amides is 1. The van der Waals surface area contributed by atoms with Gasteiger partial charge in [-0.3, -0.25) is 4.79 Å². The Kier molecular flexibility index (Phi) is 5.70. The zero-order valence-electron chi connectivity index (χ0n) is 14.4. The number of carbonyl (C=O) groups is 1. The van der Waals surface area contributed by atoms with Gasteiger partial charge in [0.05, 0.1) is 0 Å². The quantitative estimate of drug-likeness (QED) is 0.886. The zero-order chi connectivity index (χ0) is 16.8. The fourth-order valence-corrected chi connectivity index (χ4v) is 3.41. The van der Waals surface area contributed by atoms with Crippen LogP contribution in [0.5, 0.6) is 0 Å². The lowest BCUT2D eigenvalue weighted by molar-refractivity contribution is 0.0902. The summed E-state index contributed by atoms with van der Waals surface area (Å²) in [6, 6.07) is 14.4. The Labute approximate surface area is 144 Å². The van der Waals surface area contributed by atoms with Gasteiger partial charge in [0, 0.05) is 31.9 Å². The minimum Gasteiger partial charge on any atom is -0.348 e. The molecule has 0 saturated carbocycles. The van der Waals surface area contributed by atoms with Crippen LogP contribution in [0.3, 0.4) is 0 Å². The monoisotopic (exact) mass is 325 g/mol. The van der Waals surface area contributed by atoms with Gasteiger partial charge in [0.1, 0.15) is 5.69 Å². The molecule has 1 amide bonds. The number of likely N-dealkylation sites (tertiary alicyclic amines) is 1. The lowest BCUT2D eigenvalue weighted by Gasteiger charge is -2.32. The summed E-state index contributed by atoms with van der Waals surface area (Å²) in [7, 11) is 0. The van der Waals surface area contributed by atoms with Crippen LogP contribution in [0.4, 0.5) is 0 Å². The van der Waals surface area contributed by atoms with Gasteiger partial charge < -0.3 is 14.8 Å². The molecular formula is C20H27N3O. The van der Waals surface area contributed by atoms with E-state index in [0.29, 0.717) is 6.04 Å². The molecule has 2 heterocycles. The molecule has 1 aromatic carbocycles. The van der Waals surface area contributed by atoms with Crippen LogP contribution < -0.4 is 5.32 Å². The largest absolute Gasteiger partial charge is 0.348 e. The van der Waals surface area contributed by atoms with Gasteiger partial charge in [-0.15, -0.1) is 0 Å². The molecule has 0 spiro atoms. The number of carbonyl (C=O) groups excluding carboxylic acids is 1. The molecule has 1 fully saturated rings. The SMILES string of the molecule is CCCN1CCC(NC(=O)c2cccn2Cc2ccccc2)CC1. The Bertz CT molecular complexity index is 642. The van der Waals surface area contributed by atoms with Crippen LogP contribution in [0.2, 0.25) is 0 Å². The number of hydrogen-bond acceptors (Lipinski definition) is 2. The number of benzene rings is 1. The molecule has 0 radical (unpaired) electrons. The van der Waals surface area contributed by atoms with Crippen LogP contribution in [0.25, 0.3) is 0 Å².